The van der Waals surface area contributed by atoms with Crippen LogP contribution in [-0.4, -0.2) is 28.2 Å². The van der Waals surface area contributed by atoms with E-state index >= 15 is 0 Å². The van der Waals surface area contributed by atoms with Crippen molar-refractivity contribution in [2.24, 2.45) is 5.73 Å². The van der Waals surface area contributed by atoms with E-state index in [0.717, 1.165) is 6.92 Å². The summed E-state index contributed by atoms with van der Waals surface area (Å²) >= 11 is 0. The zero-order valence-electron chi connectivity index (χ0n) is 8.25. The van der Waals surface area contributed by atoms with E-state index in [2.05, 4.69) is 0 Å². The zero-order chi connectivity index (χ0) is 10.9. The Morgan fingerprint density at radius 1 is 1.31 bits per heavy atom. The number of hydrogen-bond acceptors (Lipinski definition) is 5. The first kappa shape index (κ1) is 12.1. The monoisotopic (exact) mass is 189 g/mol. The van der Waals surface area contributed by atoms with Crippen molar-refractivity contribution in [3.63, 3.8) is 0 Å². The highest BCUT2D eigenvalue weighted by Crippen LogP contribution is 2.11. The second-order valence-corrected chi connectivity index (χ2v) is 3.82. The SMILES string of the molecule is CC(=O)C(N)(O)C(=O)OC(C)(C)C. The van der Waals surface area contributed by atoms with Gasteiger partial charge in [0.2, 0.25) is 0 Å². The summed E-state index contributed by atoms with van der Waals surface area (Å²) in [5.41, 5.74) is 1.73. The highest BCUT2D eigenvalue weighted by Gasteiger charge is 2.40. The van der Waals surface area contributed by atoms with E-state index in [-0.39, 0.29) is 0 Å². The third-order valence-corrected chi connectivity index (χ3v) is 1.25. The number of ketones is 1. The quantitative estimate of drug-likeness (QED) is 0.349. The molecule has 0 rings (SSSR count). The van der Waals surface area contributed by atoms with Gasteiger partial charge in [-0.2, -0.15) is 0 Å². The summed E-state index contributed by atoms with van der Waals surface area (Å²) < 4.78 is 4.73. The summed E-state index contributed by atoms with van der Waals surface area (Å²) in [6.45, 7) is 5.85. The van der Waals surface area contributed by atoms with Gasteiger partial charge in [-0.3, -0.25) is 10.5 Å². The lowest BCUT2D eigenvalue weighted by Crippen LogP contribution is -2.56. The molecule has 0 aromatic heterocycles. The number of nitrogens with two attached hydrogens (primary N) is 1. The Hall–Kier alpha value is -0.940. The van der Waals surface area contributed by atoms with Crippen LogP contribution in [0.15, 0.2) is 0 Å². The number of ether oxygens (including phenoxy) is 1. The fourth-order valence-corrected chi connectivity index (χ4v) is 0.500. The lowest BCUT2D eigenvalue weighted by molar-refractivity contribution is -0.179. The van der Waals surface area contributed by atoms with Crippen molar-refractivity contribution in [1.82, 2.24) is 0 Å². The van der Waals surface area contributed by atoms with Crippen LogP contribution in [0.1, 0.15) is 27.7 Å². The molecule has 0 heterocycles. The van der Waals surface area contributed by atoms with E-state index in [9.17, 15) is 14.7 Å². The number of carbonyl (C=O) groups is 2. The Kier molecular flexibility index (Phi) is 3.18. The van der Waals surface area contributed by atoms with Gasteiger partial charge in [0.1, 0.15) is 5.60 Å². The van der Waals surface area contributed by atoms with Crippen LogP contribution in [-0.2, 0) is 14.3 Å². The second kappa shape index (κ2) is 3.43. The first-order chi connectivity index (χ1) is 5.57. The summed E-state index contributed by atoms with van der Waals surface area (Å²) in [4.78, 5) is 21.8. The molecule has 0 saturated heterocycles. The van der Waals surface area contributed by atoms with Gasteiger partial charge in [-0.05, 0) is 27.7 Å². The van der Waals surface area contributed by atoms with Gasteiger partial charge < -0.3 is 9.84 Å². The molecule has 0 aliphatic carbocycles. The largest absolute Gasteiger partial charge is 0.456 e. The first-order valence-corrected chi connectivity index (χ1v) is 3.83. The van der Waals surface area contributed by atoms with Crippen molar-refractivity contribution < 1.29 is 19.4 Å². The molecule has 0 aliphatic heterocycles. The van der Waals surface area contributed by atoms with Crippen LogP contribution in [0.5, 0.6) is 0 Å². The van der Waals surface area contributed by atoms with Crippen molar-refractivity contribution in [2.75, 3.05) is 0 Å². The van der Waals surface area contributed by atoms with Crippen LogP contribution in [0, 0.1) is 0 Å². The van der Waals surface area contributed by atoms with E-state index in [1.54, 1.807) is 20.8 Å². The molecule has 1 unspecified atom stereocenters. The smallest absolute Gasteiger partial charge is 0.362 e. The van der Waals surface area contributed by atoms with Crippen molar-refractivity contribution in [1.29, 1.82) is 0 Å². The van der Waals surface area contributed by atoms with Gasteiger partial charge in [0, 0.05) is 0 Å². The van der Waals surface area contributed by atoms with Crippen LogP contribution in [0.2, 0.25) is 0 Å². The number of rotatable bonds is 2. The molecule has 5 heteroatoms. The number of carbonyl (C=O) groups excluding carboxylic acids is 2. The lowest BCUT2D eigenvalue weighted by atomic mass is 10.1. The zero-order valence-corrected chi connectivity index (χ0v) is 8.25. The molecule has 0 fully saturated rings. The number of aliphatic hydroxyl groups is 1. The summed E-state index contributed by atoms with van der Waals surface area (Å²) in [7, 11) is 0. The molecule has 3 N–H and O–H groups in total. The van der Waals surface area contributed by atoms with Gasteiger partial charge in [-0.25, -0.2) is 4.79 Å². The molecule has 0 aromatic carbocycles. The predicted octanol–water partition coefficient (Wildman–Crippen LogP) is -0.436. The van der Waals surface area contributed by atoms with E-state index in [1.807, 2.05) is 0 Å². The van der Waals surface area contributed by atoms with Gasteiger partial charge in [0.15, 0.2) is 5.78 Å². The number of esters is 1. The highest BCUT2D eigenvalue weighted by molar-refractivity contribution is 6.05. The summed E-state index contributed by atoms with van der Waals surface area (Å²) in [6, 6.07) is 0. The molecule has 0 bridgehead atoms. The highest BCUT2D eigenvalue weighted by atomic mass is 16.6. The minimum absolute atomic E-state index is 0.778. The molecular formula is C8H15NO4. The van der Waals surface area contributed by atoms with E-state index in [1.165, 1.54) is 0 Å². The molecule has 0 amide bonds. The summed E-state index contributed by atoms with van der Waals surface area (Å²) in [5, 5.41) is 9.18. The Labute approximate surface area is 76.9 Å². The standard InChI is InChI=1S/C8H15NO4/c1-5(10)8(9,12)6(11)13-7(2,3)4/h12H,9H2,1-4H3. The van der Waals surface area contributed by atoms with Gasteiger partial charge in [-0.15, -0.1) is 0 Å². The third kappa shape index (κ3) is 3.52. The molecule has 13 heavy (non-hydrogen) atoms. The average molecular weight is 189 g/mol. The Morgan fingerprint density at radius 3 is 1.92 bits per heavy atom. The van der Waals surface area contributed by atoms with E-state index < -0.39 is 23.1 Å². The lowest BCUT2D eigenvalue weighted by Gasteiger charge is -2.25. The number of hydrogen-bond donors (Lipinski definition) is 2. The van der Waals surface area contributed by atoms with Crippen molar-refractivity contribution >= 4 is 11.8 Å². The Morgan fingerprint density at radius 2 is 1.69 bits per heavy atom. The molecule has 5 nitrogen and oxygen atoms in total. The third-order valence-electron chi connectivity index (χ3n) is 1.25. The molecule has 1 atom stereocenters. The molecular weight excluding hydrogens is 174 g/mol. The second-order valence-electron chi connectivity index (χ2n) is 3.82. The van der Waals surface area contributed by atoms with Gasteiger partial charge in [-0.1, -0.05) is 0 Å². The minimum atomic E-state index is -2.53. The van der Waals surface area contributed by atoms with Crippen molar-refractivity contribution in [2.45, 2.75) is 39.0 Å². The van der Waals surface area contributed by atoms with Crippen molar-refractivity contribution in [3.05, 3.63) is 0 Å². The maximum Gasteiger partial charge on any atom is 0.362 e. The van der Waals surface area contributed by atoms with Crippen LogP contribution in [0.4, 0.5) is 0 Å². The molecule has 0 saturated carbocycles. The summed E-state index contributed by atoms with van der Waals surface area (Å²) in [5.74, 6) is -1.98. The first-order valence-electron chi connectivity index (χ1n) is 3.83. The van der Waals surface area contributed by atoms with E-state index in [0.29, 0.717) is 0 Å². The minimum Gasteiger partial charge on any atom is -0.456 e. The fourth-order valence-electron chi connectivity index (χ4n) is 0.500. The Balaban J connectivity index is 4.53. The maximum absolute atomic E-state index is 11.1. The number of Topliss-reactive ketones (excluding diaryl/α,β-unsaturated/α-hetero) is 1. The molecule has 0 spiro atoms. The normalized spacial score (nSPS) is 16.2. The predicted molar refractivity (Wildman–Crippen MR) is 45.7 cm³/mol. The molecule has 0 aliphatic rings. The molecule has 76 valence electrons. The summed E-state index contributed by atoms with van der Waals surface area (Å²) in [6.07, 6.45) is 0. The molecule has 0 radical (unpaired) electrons. The van der Waals surface area contributed by atoms with Gasteiger partial charge in [0.05, 0.1) is 0 Å². The Bertz CT molecular complexity index is 227. The van der Waals surface area contributed by atoms with Crippen LogP contribution < -0.4 is 5.73 Å². The van der Waals surface area contributed by atoms with Crippen LogP contribution in [0.25, 0.3) is 0 Å². The topological polar surface area (TPSA) is 89.6 Å². The van der Waals surface area contributed by atoms with E-state index in [4.69, 9.17) is 10.5 Å². The maximum atomic E-state index is 11.1. The van der Waals surface area contributed by atoms with Crippen LogP contribution >= 0.6 is 0 Å². The molecule has 0 aromatic rings. The average Bonchev–Trinajstić information content (AvgIpc) is 1.82. The van der Waals surface area contributed by atoms with Gasteiger partial charge >= 0.3 is 5.97 Å². The fraction of sp³-hybridized carbons (Fsp3) is 0.750. The van der Waals surface area contributed by atoms with Gasteiger partial charge in [0.25, 0.3) is 5.72 Å². The van der Waals surface area contributed by atoms with Crippen LogP contribution in [0.3, 0.4) is 0 Å². The van der Waals surface area contributed by atoms with Crippen molar-refractivity contribution in [3.8, 4) is 0 Å².